The number of nitrogens with zero attached hydrogens (tertiary/aromatic N) is 2. The van der Waals surface area contributed by atoms with Gasteiger partial charge in [-0.05, 0) is 30.2 Å². The van der Waals surface area contributed by atoms with Crippen molar-refractivity contribution in [2.75, 3.05) is 31.8 Å². The van der Waals surface area contributed by atoms with E-state index in [1.54, 1.807) is 14.2 Å². The maximum Gasteiger partial charge on any atom is 0.162 e. The highest BCUT2D eigenvalue weighted by Crippen LogP contribution is 2.33. The van der Waals surface area contributed by atoms with Crippen molar-refractivity contribution in [3.63, 3.8) is 0 Å². The third-order valence-electron chi connectivity index (χ3n) is 3.80. The average Bonchev–Trinajstić information content (AvgIpc) is 2.60. The van der Waals surface area contributed by atoms with Crippen LogP contribution in [0.25, 0.3) is 10.9 Å². The molecule has 0 aliphatic rings. The third kappa shape index (κ3) is 3.32. The van der Waals surface area contributed by atoms with Gasteiger partial charge in [0, 0.05) is 23.7 Å². The van der Waals surface area contributed by atoms with E-state index in [4.69, 9.17) is 15.2 Å². The SMILES string of the molecule is COc1cc2ncnc(NCCc3cccc(N)c3)c2cc1OC. The largest absolute Gasteiger partial charge is 0.493 e. The Kier molecular flexibility index (Phi) is 4.65. The van der Waals surface area contributed by atoms with Crippen molar-refractivity contribution >= 4 is 22.4 Å². The minimum Gasteiger partial charge on any atom is -0.493 e. The van der Waals surface area contributed by atoms with Crippen LogP contribution in [0.5, 0.6) is 11.5 Å². The highest BCUT2D eigenvalue weighted by molar-refractivity contribution is 5.91. The second kappa shape index (κ2) is 7.04. The van der Waals surface area contributed by atoms with Crippen molar-refractivity contribution < 1.29 is 9.47 Å². The zero-order valence-electron chi connectivity index (χ0n) is 13.7. The lowest BCUT2D eigenvalue weighted by molar-refractivity contribution is 0.356. The summed E-state index contributed by atoms with van der Waals surface area (Å²) in [6, 6.07) is 11.6. The fourth-order valence-electron chi connectivity index (χ4n) is 2.60. The Morgan fingerprint density at radius 2 is 1.83 bits per heavy atom. The number of rotatable bonds is 6. The number of ether oxygens (including phenoxy) is 2. The summed E-state index contributed by atoms with van der Waals surface area (Å²) >= 11 is 0. The molecule has 6 heteroatoms. The van der Waals surface area contributed by atoms with Crippen molar-refractivity contribution in [1.29, 1.82) is 0 Å². The van der Waals surface area contributed by atoms with E-state index in [9.17, 15) is 0 Å². The Bertz CT molecular complexity index is 852. The summed E-state index contributed by atoms with van der Waals surface area (Å²) in [6.07, 6.45) is 2.39. The highest BCUT2D eigenvalue weighted by atomic mass is 16.5. The molecular formula is C18H20N4O2. The minimum atomic E-state index is 0.648. The van der Waals surface area contributed by atoms with Crippen molar-refractivity contribution in [1.82, 2.24) is 9.97 Å². The molecule has 2 aromatic carbocycles. The number of nitrogen functional groups attached to an aromatic ring is 1. The molecular weight excluding hydrogens is 304 g/mol. The number of anilines is 2. The van der Waals surface area contributed by atoms with Crippen LogP contribution < -0.4 is 20.5 Å². The van der Waals surface area contributed by atoms with Crippen LogP contribution in [0.2, 0.25) is 0 Å². The quantitative estimate of drug-likeness (QED) is 0.679. The molecule has 0 spiro atoms. The highest BCUT2D eigenvalue weighted by Gasteiger charge is 2.10. The van der Waals surface area contributed by atoms with Gasteiger partial charge >= 0.3 is 0 Å². The topological polar surface area (TPSA) is 82.3 Å². The molecule has 0 radical (unpaired) electrons. The standard InChI is InChI=1S/C18H20N4O2/c1-23-16-9-14-15(10-17(16)24-2)21-11-22-18(14)20-7-6-12-4-3-5-13(19)8-12/h3-5,8-11H,6-7,19H2,1-2H3,(H,20,21,22). The molecule has 0 saturated carbocycles. The van der Waals surface area contributed by atoms with Gasteiger partial charge in [0.1, 0.15) is 12.1 Å². The van der Waals surface area contributed by atoms with Gasteiger partial charge in [0.25, 0.3) is 0 Å². The molecule has 0 amide bonds. The van der Waals surface area contributed by atoms with Crippen LogP contribution in [0.15, 0.2) is 42.7 Å². The smallest absolute Gasteiger partial charge is 0.162 e. The second-order valence-electron chi connectivity index (χ2n) is 5.37. The molecule has 3 rings (SSSR count). The maximum absolute atomic E-state index is 5.81. The zero-order valence-corrected chi connectivity index (χ0v) is 13.7. The molecule has 24 heavy (non-hydrogen) atoms. The fraction of sp³-hybridized carbons (Fsp3) is 0.222. The summed E-state index contributed by atoms with van der Waals surface area (Å²) in [5.41, 5.74) is 8.56. The first-order valence-electron chi connectivity index (χ1n) is 7.66. The number of hydrogen-bond acceptors (Lipinski definition) is 6. The number of nitrogens with two attached hydrogens (primary N) is 1. The van der Waals surface area contributed by atoms with Crippen molar-refractivity contribution in [2.45, 2.75) is 6.42 Å². The number of benzene rings is 2. The van der Waals surface area contributed by atoms with Gasteiger partial charge in [0.2, 0.25) is 0 Å². The molecule has 6 nitrogen and oxygen atoms in total. The van der Waals surface area contributed by atoms with E-state index in [1.165, 1.54) is 11.9 Å². The molecule has 0 aliphatic heterocycles. The number of nitrogens with one attached hydrogen (secondary N) is 1. The maximum atomic E-state index is 5.81. The summed E-state index contributed by atoms with van der Waals surface area (Å²) in [5.74, 6) is 2.07. The van der Waals surface area contributed by atoms with Crippen LogP contribution in [0, 0.1) is 0 Å². The lowest BCUT2D eigenvalue weighted by atomic mass is 10.1. The van der Waals surface area contributed by atoms with Crippen LogP contribution in [0.4, 0.5) is 11.5 Å². The summed E-state index contributed by atoms with van der Waals surface area (Å²) in [7, 11) is 3.22. The molecule has 124 valence electrons. The zero-order chi connectivity index (χ0) is 16.9. The predicted molar refractivity (Wildman–Crippen MR) is 95.7 cm³/mol. The number of fused-ring (bicyclic) bond motifs is 1. The molecule has 0 unspecified atom stereocenters. The van der Waals surface area contributed by atoms with E-state index < -0.39 is 0 Å². The first kappa shape index (κ1) is 15.9. The Balaban J connectivity index is 1.81. The number of methoxy groups -OCH3 is 2. The molecule has 1 aromatic heterocycles. The summed E-state index contributed by atoms with van der Waals surface area (Å²) in [4.78, 5) is 8.64. The van der Waals surface area contributed by atoms with E-state index in [0.29, 0.717) is 11.5 Å². The molecule has 3 N–H and O–H groups in total. The van der Waals surface area contributed by atoms with E-state index in [1.807, 2.05) is 30.3 Å². The molecule has 3 aromatic rings. The molecule has 0 atom stereocenters. The predicted octanol–water partition coefficient (Wildman–Crippen LogP) is 2.88. The van der Waals surface area contributed by atoms with Gasteiger partial charge in [0.15, 0.2) is 11.5 Å². The Hall–Kier alpha value is -3.02. The van der Waals surface area contributed by atoms with Gasteiger partial charge in [-0.2, -0.15) is 0 Å². The Morgan fingerprint density at radius 1 is 1.04 bits per heavy atom. The summed E-state index contributed by atoms with van der Waals surface area (Å²) in [5, 5.41) is 4.25. The number of aromatic nitrogens is 2. The van der Waals surface area contributed by atoms with Crippen LogP contribution in [-0.2, 0) is 6.42 Å². The Morgan fingerprint density at radius 3 is 2.58 bits per heavy atom. The van der Waals surface area contributed by atoms with Gasteiger partial charge in [-0.15, -0.1) is 0 Å². The third-order valence-corrected chi connectivity index (χ3v) is 3.80. The molecule has 0 saturated heterocycles. The van der Waals surface area contributed by atoms with E-state index in [-0.39, 0.29) is 0 Å². The summed E-state index contributed by atoms with van der Waals surface area (Å²) < 4.78 is 10.7. The lowest BCUT2D eigenvalue weighted by Crippen LogP contribution is -2.07. The van der Waals surface area contributed by atoms with Crippen LogP contribution in [-0.4, -0.2) is 30.7 Å². The van der Waals surface area contributed by atoms with Crippen molar-refractivity contribution in [3.8, 4) is 11.5 Å². The van der Waals surface area contributed by atoms with Gasteiger partial charge < -0.3 is 20.5 Å². The molecule has 0 aliphatic carbocycles. The van der Waals surface area contributed by atoms with Crippen molar-refractivity contribution in [3.05, 3.63) is 48.3 Å². The van der Waals surface area contributed by atoms with Crippen molar-refractivity contribution in [2.24, 2.45) is 0 Å². The monoisotopic (exact) mass is 324 g/mol. The van der Waals surface area contributed by atoms with Crippen LogP contribution >= 0.6 is 0 Å². The average molecular weight is 324 g/mol. The summed E-state index contributed by atoms with van der Waals surface area (Å²) in [6.45, 7) is 0.740. The second-order valence-corrected chi connectivity index (χ2v) is 5.37. The molecule has 0 fully saturated rings. The molecule has 1 heterocycles. The van der Waals surface area contributed by atoms with Gasteiger partial charge in [-0.3, -0.25) is 0 Å². The minimum absolute atomic E-state index is 0.648. The van der Waals surface area contributed by atoms with E-state index >= 15 is 0 Å². The normalized spacial score (nSPS) is 10.6. The van der Waals surface area contributed by atoms with Gasteiger partial charge in [0.05, 0.1) is 19.7 Å². The van der Waals surface area contributed by atoms with Gasteiger partial charge in [-0.25, -0.2) is 9.97 Å². The lowest BCUT2D eigenvalue weighted by Gasteiger charge is -2.12. The first-order chi connectivity index (χ1) is 11.7. The Labute approximate surface area is 140 Å². The van der Waals surface area contributed by atoms with E-state index in [2.05, 4.69) is 21.4 Å². The fourth-order valence-corrected chi connectivity index (χ4v) is 2.60. The first-order valence-corrected chi connectivity index (χ1v) is 7.66. The molecule has 0 bridgehead atoms. The van der Waals surface area contributed by atoms with Crippen LogP contribution in [0.3, 0.4) is 0 Å². The number of hydrogen-bond donors (Lipinski definition) is 2. The van der Waals surface area contributed by atoms with E-state index in [0.717, 1.165) is 35.4 Å². The van der Waals surface area contributed by atoms with Gasteiger partial charge in [-0.1, -0.05) is 12.1 Å². The van der Waals surface area contributed by atoms with Crippen LogP contribution in [0.1, 0.15) is 5.56 Å².